The van der Waals surface area contributed by atoms with E-state index in [0.717, 1.165) is 70.6 Å². The van der Waals surface area contributed by atoms with Crippen molar-refractivity contribution < 1.29 is 9.59 Å². The van der Waals surface area contributed by atoms with Gasteiger partial charge in [-0.2, -0.15) is 0 Å². The number of rotatable bonds is 22. The number of unbranched alkanes of at least 4 members (excludes halogenated alkanes) is 8. The summed E-state index contributed by atoms with van der Waals surface area (Å²) in [5.74, 6) is -0.227. The van der Waals surface area contributed by atoms with Crippen LogP contribution < -0.4 is 11.5 Å². The molecule has 0 atom stereocenters. The summed E-state index contributed by atoms with van der Waals surface area (Å²) in [6.07, 6.45) is 20.9. The van der Waals surface area contributed by atoms with E-state index in [4.69, 9.17) is 11.5 Å². The van der Waals surface area contributed by atoms with E-state index in [9.17, 15) is 9.59 Å². The molecule has 0 bridgehead atoms. The van der Waals surface area contributed by atoms with Crippen LogP contribution in [0.2, 0.25) is 0 Å². The normalized spacial score (nSPS) is 12.3. The first kappa shape index (κ1) is 29.9. The van der Waals surface area contributed by atoms with Gasteiger partial charge in [-0.25, -0.2) is 0 Å². The Balaban J connectivity index is 4.74. The molecule has 0 radical (unpaired) electrons. The molecule has 0 heterocycles. The zero-order chi connectivity index (χ0) is 23.6. The van der Waals surface area contributed by atoms with Gasteiger partial charge in [0.2, 0.25) is 11.8 Å². The molecule has 4 N–H and O–H groups in total. The number of nitrogens with two attached hydrogens (primary N) is 2. The molecule has 0 aliphatic heterocycles. The molecule has 0 aliphatic carbocycles. The Hall–Kier alpha value is -1.06. The Morgan fingerprint density at radius 2 is 0.935 bits per heavy atom. The van der Waals surface area contributed by atoms with Crippen LogP contribution in [0.1, 0.15) is 150 Å². The van der Waals surface area contributed by atoms with Gasteiger partial charge in [-0.1, -0.05) is 105 Å². The highest BCUT2D eigenvalue weighted by atomic mass is 16.1. The Kier molecular flexibility index (Phi) is 16.9. The number of primary amides is 2. The second-order valence-electron chi connectivity index (χ2n) is 9.87. The van der Waals surface area contributed by atoms with Crippen molar-refractivity contribution in [1.29, 1.82) is 0 Å². The van der Waals surface area contributed by atoms with Crippen molar-refractivity contribution in [2.45, 2.75) is 150 Å². The van der Waals surface area contributed by atoms with E-state index in [-0.39, 0.29) is 22.6 Å². The van der Waals surface area contributed by atoms with Gasteiger partial charge in [-0.15, -0.1) is 0 Å². The number of amides is 2. The fourth-order valence-electron chi connectivity index (χ4n) is 6.07. The molecule has 4 nitrogen and oxygen atoms in total. The van der Waals surface area contributed by atoms with Crippen molar-refractivity contribution >= 4 is 11.8 Å². The monoisotopic (exact) mass is 438 g/mol. The van der Waals surface area contributed by atoms with Crippen molar-refractivity contribution in [3.05, 3.63) is 0 Å². The fourth-order valence-corrected chi connectivity index (χ4v) is 6.07. The molecular weight excluding hydrogens is 384 g/mol. The second-order valence-corrected chi connectivity index (χ2v) is 9.87. The maximum absolute atomic E-state index is 12.9. The van der Waals surface area contributed by atoms with Crippen LogP contribution >= 0.6 is 0 Å². The minimum Gasteiger partial charge on any atom is -0.370 e. The fraction of sp³-hybridized carbons (Fsp3) is 0.926. The molecule has 0 aliphatic rings. The predicted octanol–water partition coefficient (Wildman–Crippen LogP) is 7.42. The van der Waals surface area contributed by atoms with Gasteiger partial charge in [0.1, 0.15) is 0 Å². The lowest BCUT2D eigenvalue weighted by molar-refractivity contribution is -0.141. The molecule has 4 heteroatoms. The van der Waals surface area contributed by atoms with Crippen LogP contribution in [-0.2, 0) is 9.59 Å². The topological polar surface area (TPSA) is 86.2 Å². The van der Waals surface area contributed by atoms with Gasteiger partial charge in [0.15, 0.2) is 0 Å². The summed E-state index contributed by atoms with van der Waals surface area (Å²) < 4.78 is 0. The van der Waals surface area contributed by atoms with Crippen molar-refractivity contribution in [3.63, 3.8) is 0 Å². The molecule has 0 fully saturated rings. The smallest absolute Gasteiger partial charge is 0.224 e. The highest BCUT2D eigenvalue weighted by Gasteiger charge is 2.52. The van der Waals surface area contributed by atoms with Gasteiger partial charge in [0.25, 0.3) is 0 Å². The summed E-state index contributed by atoms with van der Waals surface area (Å²) in [7, 11) is 0. The van der Waals surface area contributed by atoms with E-state index in [1.807, 2.05) is 0 Å². The molecule has 0 unspecified atom stereocenters. The summed E-state index contributed by atoms with van der Waals surface area (Å²) in [6, 6.07) is 0. The van der Waals surface area contributed by atoms with E-state index in [1.165, 1.54) is 44.9 Å². The van der Waals surface area contributed by atoms with E-state index < -0.39 is 0 Å². The number of carbonyl (C=O) groups excluding carboxylic acids is 2. The molecular formula is C27H54N2O2. The average molecular weight is 439 g/mol. The SMILES string of the molecule is CCCC(CCC)(CCCCCCCCCCCC(N)=O)C(CCC)(CCC)C(N)=O. The molecule has 184 valence electrons. The van der Waals surface area contributed by atoms with Crippen molar-refractivity contribution in [3.8, 4) is 0 Å². The predicted molar refractivity (Wildman–Crippen MR) is 134 cm³/mol. The molecule has 0 saturated carbocycles. The van der Waals surface area contributed by atoms with Crippen LogP contribution in [0.15, 0.2) is 0 Å². The van der Waals surface area contributed by atoms with Gasteiger partial charge < -0.3 is 11.5 Å². The summed E-state index contributed by atoms with van der Waals surface area (Å²) in [4.78, 5) is 23.7. The van der Waals surface area contributed by atoms with Crippen LogP contribution in [0.3, 0.4) is 0 Å². The summed E-state index contributed by atoms with van der Waals surface area (Å²) in [5, 5.41) is 0. The first-order valence-electron chi connectivity index (χ1n) is 13.4. The summed E-state index contributed by atoms with van der Waals surface area (Å²) >= 11 is 0. The molecule has 0 aromatic heterocycles. The summed E-state index contributed by atoms with van der Waals surface area (Å²) in [5.41, 5.74) is 11.1. The number of carbonyl (C=O) groups is 2. The quantitative estimate of drug-likeness (QED) is 0.172. The Morgan fingerprint density at radius 1 is 0.548 bits per heavy atom. The van der Waals surface area contributed by atoms with Gasteiger partial charge in [-0.3, -0.25) is 9.59 Å². The zero-order valence-electron chi connectivity index (χ0n) is 21.4. The third kappa shape index (κ3) is 10.4. The highest BCUT2D eigenvalue weighted by molar-refractivity contribution is 5.82. The Morgan fingerprint density at radius 3 is 1.29 bits per heavy atom. The lowest BCUT2D eigenvalue weighted by Gasteiger charge is -2.50. The van der Waals surface area contributed by atoms with Crippen LogP contribution in [0.5, 0.6) is 0 Å². The van der Waals surface area contributed by atoms with E-state index in [2.05, 4.69) is 27.7 Å². The third-order valence-electron chi connectivity index (χ3n) is 7.38. The molecule has 0 saturated heterocycles. The van der Waals surface area contributed by atoms with Crippen molar-refractivity contribution in [2.24, 2.45) is 22.3 Å². The lowest BCUT2D eigenvalue weighted by atomic mass is 9.53. The molecule has 0 aromatic carbocycles. The Labute approximate surface area is 193 Å². The van der Waals surface area contributed by atoms with Gasteiger partial charge in [0.05, 0.1) is 5.41 Å². The molecule has 0 spiro atoms. The minimum absolute atomic E-state index is 0.0468. The first-order chi connectivity index (χ1) is 14.9. The van der Waals surface area contributed by atoms with Crippen molar-refractivity contribution in [1.82, 2.24) is 0 Å². The Bertz CT molecular complexity index is 464. The van der Waals surface area contributed by atoms with Crippen LogP contribution in [-0.4, -0.2) is 11.8 Å². The number of hydrogen-bond acceptors (Lipinski definition) is 2. The second kappa shape index (κ2) is 17.5. The van der Waals surface area contributed by atoms with Gasteiger partial charge >= 0.3 is 0 Å². The van der Waals surface area contributed by atoms with E-state index in [0.29, 0.717) is 6.42 Å². The molecule has 2 amide bonds. The largest absolute Gasteiger partial charge is 0.370 e. The molecule has 0 rings (SSSR count). The van der Waals surface area contributed by atoms with Gasteiger partial charge in [0, 0.05) is 6.42 Å². The first-order valence-corrected chi connectivity index (χ1v) is 13.4. The van der Waals surface area contributed by atoms with Crippen LogP contribution in [0.25, 0.3) is 0 Å². The van der Waals surface area contributed by atoms with Crippen molar-refractivity contribution in [2.75, 3.05) is 0 Å². The summed E-state index contributed by atoms with van der Waals surface area (Å²) in [6.45, 7) is 8.92. The minimum atomic E-state index is -0.340. The zero-order valence-corrected chi connectivity index (χ0v) is 21.4. The standard InChI is InChI=1S/C27H54N2O2/c1-5-19-26(20-6-2,27(21-7-3,22-8-4)25(29)31)23-17-15-13-11-9-10-12-14-16-18-24(28)30/h5-23H2,1-4H3,(H2,28,30)(H2,29,31). The lowest BCUT2D eigenvalue weighted by Crippen LogP contribution is -2.51. The highest BCUT2D eigenvalue weighted by Crippen LogP contribution is 2.55. The number of hydrogen-bond donors (Lipinski definition) is 2. The average Bonchev–Trinajstić information content (AvgIpc) is 2.71. The van der Waals surface area contributed by atoms with Gasteiger partial charge in [-0.05, 0) is 43.9 Å². The van der Waals surface area contributed by atoms with Crippen LogP contribution in [0.4, 0.5) is 0 Å². The molecule has 0 aromatic rings. The molecule has 31 heavy (non-hydrogen) atoms. The maximum atomic E-state index is 12.9. The van der Waals surface area contributed by atoms with Crippen LogP contribution in [0, 0.1) is 10.8 Å². The van der Waals surface area contributed by atoms with E-state index >= 15 is 0 Å². The maximum Gasteiger partial charge on any atom is 0.224 e. The van der Waals surface area contributed by atoms with E-state index in [1.54, 1.807) is 0 Å². The third-order valence-corrected chi connectivity index (χ3v) is 7.38.